The van der Waals surface area contributed by atoms with E-state index >= 15 is 0 Å². The molecule has 72 valence electrons. The molecule has 0 amide bonds. The summed E-state index contributed by atoms with van der Waals surface area (Å²) in [5.41, 5.74) is -0.163. The van der Waals surface area contributed by atoms with Crippen LogP contribution in [-0.4, -0.2) is 23.4 Å². The van der Waals surface area contributed by atoms with Crippen molar-refractivity contribution in [3.63, 3.8) is 0 Å². The molecule has 3 atom stereocenters. The van der Waals surface area contributed by atoms with E-state index in [0.717, 1.165) is 12.8 Å². The van der Waals surface area contributed by atoms with E-state index in [4.69, 9.17) is 4.74 Å². The van der Waals surface area contributed by atoms with E-state index < -0.39 is 0 Å². The van der Waals surface area contributed by atoms with Crippen LogP contribution in [-0.2, 0) is 4.74 Å². The van der Waals surface area contributed by atoms with Gasteiger partial charge in [0.1, 0.15) is 5.60 Å². The fourth-order valence-corrected chi connectivity index (χ4v) is 1.82. The molecule has 2 nitrogen and oxygen atoms in total. The second kappa shape index (κ2) is 3.75. The van der Waals surface area contributed by atoms with Crippen LogP contribution in [0.3, 0.4) is 0 Å². The first-order valence-electron chi connectivity index (χ1n) is 4.97. The van der Waals surface area contributed by atoms with Crippen LogP contribution in [0.2, 0.25) is 0 Å². The van der Waals surface area contributed by atoms with E-state index in [9.17, 15) is 5.11 Å². The summed E-state index contributed by atoms with van der Waals surface area (Å²) in [6.45, 7) is 6.69. The Bertz CT molecular complexity index is 147. The fourth-order valence-electron chi connectivity index (χ4n) is 1.82. The average molecular weight is 172 g/mol. The molecule has 0 aromatic heterocycles. The van der Waals surface area contributed by atoms with Crippen molar-refractivity contribution in [1.82, 2.24) is 0 Å². The van der Waals surface area contributed by atoms with Crippen LogP contribution in [0.5, 0.6) is 0 Å². The zero-order valence-corrected chi connectivity index (χ0v) is 8.34. The molecule has 0 aliphatic carbocycles. The molecule has 2 heteroatoms. The van der Waals surface area contributed by atoms with Gasteiger partial charge in [-0.1, -0.05) is 27.2 Å². The van der Waals surface area contributed by atoms with Crippen molar-refractivity contribution in [3.05, 3.63) is 0 Å². The van der Waals surface area contributed by atoms with Crippen molar-refractivity contribution in [2.24, 2.45) is 5.92 Å². The van der Waals surface area contributed by atoms with Gasteiger partial charge in [-0.2, -0.15) is 0 Å². The zero-order chi connectivity index (χ0) is 9.19. The van der Waals surface area contributed by atoms with Crippen LogP contribution in [0, 0.1) is 5.92 Å². The normalized spacial score (nSPS) is 36.5. The number of aliphatic hydroxyl groups excluding tert-OH is 1. The average Bonchev–Trinajstić information content (AvgIpc) is 2.79. The molecule has 1 aliphatic heterocycles. The van der Waals surface area contributed by atoms with E-state index in [2.05, 4.69) is 20.8 Å². The Hall–Kier alpha value is -0.0800. The molecular weight excluding hydrogens is 152 g/mol. The molecule has 1 aliphatic rings. The number of ether oxygens (including phenoxy) is 1. The lowest BCUT2D eigenvalue weighted by Gasteiger charge is -2.14. The molecule has 0 aromatic rings. The van der Waals surface area contributed by atoms with Crippen LogP contribution < -0.4 is 0 Å². The Morgan fingerprint density at radius 3 is 2.50 bits per heavy atom. The molecule has 0 radical (unpaired) electrons. The number of epoxide rings is 1. The van der Waals surface area contributed by atoms with E-state index in [1.807, 2.05) is 0 Å². The highest BCUT2D eigenvalue weighted by Crippen LogP contribution is 2.43. The monoisotopic (exact) mass is 172 g/mol. The van der Waals surface area contributed by atoms with E-state index in [-0.39, 0.29) is 12.2 Å². The second-order valence-corrected chi connectivity index (χ2v) is 3.96. The van der Waals surface area contributed by atoms with Gasteiger partial charge < -0.3 is 9.84 Å². The standard InChI is InChI=1S/C10H20O2/c1-4-8(3)6-10(7-11)9(5-2)12-10/h8-9,11H,4-7H2,1-3H3/t8-,9+,10+/m0/s1. The minimum Gasteiger partial charge on any atom is -0.393 e. The van der Waals surface area contributed by atoms with Crippen molar-refractivity contribution >= 4 is 0 Å². The lowest BCUT2D eigenvalue weighted by molar-refractivity contribution is 0.149. The van der Waals surface area contributed by atoms with Crippen LogP contribution >= 0.6 is 0 Å². The Kier molecular flexibility index (Phi) is 3.13. The molecule has 1 saturated heterocycles. The summed E-state index contributed by atoms with van der Waals surface area (Å²) < 4.78 is 5.53. The lowest BCUT2D eigenvalue weighted by atomic mass is 9.91. The predicted molar refractivity (Wildman–Crippen MR) is 49.1 cm³/mol. The van der Waals surface area contributed by atoms with Crippen molar-refractivity contribution < 1.29 is 9.84 Å². The van der Waals surface area contributed by atoms with Gasteiger partial charge >= 0.3 is 0 Å². The second-order valence-electron chi connectivity index (χ2n) is 3.96. The van der Waals surface area contributed by atoms with Gasteiger partial charge in [0.15, 0.2) is 0 Å². The molecule has 12 heavy (non-hydrogen) atoms. The molecule has 0 saturated carbocycles. The van der Waals surface area contributed by atoms with Gasteiger partial charge in [-0.05, 0) is 18.8 Å². The van der Waals surface area contributed by atoms with Gasteiger partial charge in [0.25, 0.3) is 0 Å². The SMILES string of the molecule is CC[C@H](C)C[C@]1(CO)O[C@@H]1CC. The predicted octanol–water partition coefficient (Wildman–Crippen LogP) is 1.96. The summed E-state index contributed by atoms with van der Waals surface area (Å²) in [5, 5.41) is 9.18. The summed E-state index contributed by atoms with van der Waals surface area (Å²) in [6, 6.07) is 0. The minimum atomic E-state index is -0.163. The summed E-state index contributed by atoms with van der Waals surface area (Å²) in [7, 11) is 0. The van der Waals surface area contributed by atoms with Crippen LogP contribution in [0.4, 0.5) is 0 Å². The highest BCUT2D eigenvalue weighted by molar-refractivity contribution is 5.02. The minimum absolute atomic E-state index is 0.163. The molecule has 1 fully saturated rings. The zero-order valence-electron chi connectivity index (χ0n) is 8.34. The van der Waals surface area contributed by atoms with Crippen molar-refractivity contribution in [2.75, 3.05) is 6.61 Å². The molecule has 0 aromatic carbocycles. The van der Waals surface area contributed by atoms with E-state index in [0.29, 0.717) is 12.0 Å². The third-order valence-corrected chi connectivity index (χ3v) is 2.94. The van der Waals surface area contributed by atoms with Gasteiger partial charge in [-0.3, -0.25) is 0 Å². The topological polar surface area (TPSA) is 32.8 Å². The van der Waals surface area contributed by atoms with Gasteiger partial charge in [-0.15, -0.1) is 0 Å². The maximum atomic E-state index is 9.18. The van der Waals surface area contributed by atoms with Gasteiger partial charge in [-0.25, -0.2) is 0 Å². The fraction of sp³-hybridized carbons (Fsp3) is 1.00. The largest absolute Gasteiger partial charge is 0.393 e. The molecule has 0 spiro atoms. The highest BCUT2D eigenvalue weighted by Gasteiger charge is 2.54. The number of rotatable bonds is 5. The van der Waals surface area contributed by atoms with E-state index in [1.165, 1.54) is 6.42 Å². The molecule has 1 N–H and O–H groups in total. The van der Waals surface area contributed by atoms with Crippen molar-refractivity contribution in [3.8, 4) is 0 Å². The van der Waals surface area contributed by atoms with Gasteiger partial charge in [0.05, 0.1) is 12.7 Å². The Labute approximate surface area is 74.9 Å². The summed E-state index contributed by atoms with van der Waals surface area (Å²) >= 11 is 0. The summed E-state index contributed by atoms with van der Waals surface area (Å²) in [4.78, 5) is 0. The third kappa shape index (κ3) is 1.80. The summed E-state index contributed by atoms with van der Waals surface area (Å²) in [5.74, 6) is 0.661. The van der Waals surface area contributed by atoms with Crippen molar-refractivity contribution in [2.45, 2.75) is 51.7 Å². The first-order valence-corrected chi connectivity index (χ1v) is 4.97. The van der Waals surface area contributed by atoms with E-state index in [1.54, 1.807) is 0 Å². The first-order chi connectivity index (χ1) is 5.68. The maximum absolute atomic E-state index is 9.18. The molecule has 0 bridgehead atoms. The van der Waals surface area contributed by atoms with Gasteiger partial charge in [0, 0.05) is 0 Å². The quantitative estimate of drug-likeness (QED) is 0.643. The Balaban J connectivity index is 2.38. The lowest BCUT2D eigenvalue weighted by Crippen LogP contribution is -2.23. The van der Waals surface area contributed by atoms with Gasteiger partial charge in [0.2, 0.25) is 0 Å². The van der Waals surface area contributed by atoms with Crippen LogP contribution in [0.1, 0.15) is 40.0 Å². The first kappa shape index (κ1) is 10.0. The van der Waals surface area contributed by atoms with Crippen LogP contribution in [0.15, 0.2) is 0 Å². The molecule has 1 heterocycles. The Morgan fingerprint density at radius 1 is 1.50 bits per heavy atom. The Morgan fingerprint density at radius 2 is 2.17 bits per heavy atom. The smallest absolute Gasteiger partial charge is 0.118 e. The molecule has 1 rings (SSSR count). The highest BCUT2D eigenvalue weighted by atomic mass is 16.6. The number of hydrogen-bond acceptors (Lipinski definition) is 2. The molecule has 0 unspecified atom stereocenters. The maximum Gasteiger partial charge on any atom is 0.118 e. The van der Waals surface area contributed by atoms with Crippen molar-refractivity contribution in [1.29, 1.82) is 0 Å². The third-order valence-electron chi connectivity index (χ3n) is 2.94. The number of hydrogen-bond donors (Lipinski definition) is 1. The van der Waals surface area contributed by atoms with Crippen LogP contribution in [0.25, 0.3) is 0 Å². The molecular formula is C10H20O2. The number of aliphatic hydroxyl groups is 1. The summed E-state index contributed by atoms with van der Waals surface area (Å²) in [6.07, 6.45) is 3.52.